The molecule has 1 aliphatic rings. The average molecular weight is 362 g/mol. The molecule has 136 valence electrons. The number of aliphatic imine (C=N–C) groups is 1. The molecule has 2 aromatic heterocycles. The van der Waals surface area contributed by atoms with Gasteiger partial charge in [-0.3, -0.25) is 9.78 Å². The Morgan fingerprint density at radius 2 is 2.00 bits per heavy atom. The molecule has 3 aromatic rings. The Balaban J connectivity index is 1.84. The van der Waals surface area contributed by atoms with Crippen molar-refractivity contribution in [3.8, 4) is 17.1 Å². The van der Waals surface area contributed by atoms with Crippen molar-refractivity contribution in [3.63, 3.8) is 0 Å². The largest absolute Gasteiger partial charge is 0.497 e. The van der Waals surface area contributed by atoms with E-state index in [-0.39, 0.29) is 0 Å². The molecule has 1 aromatic carbocycles. The van der Waals surface area contributed by atoms with Gasteiger partial charge in [0.25, 0.3) is 0 Å². The summed E-state index contributed by atoms with van der Waals surface area (Å²) >= 11 is 0. The number of hydrogen-bond acceptors (Lipinski definition) is 6. The van der Waals surface area contributed by atoms with E-state index in [0.29, 0.717) is 17.5 Å². The second-order valence-electron chi connectivity index (χ2n) is 6.27. The summed E-state index contributed by atoms with van der Waals surface area (Å²) in [5.41, 5.74) is 7.93. The van der Waals surface area contributed by atoms with Crippen LogP contribution in [-0.4, -0.2) is 38.5 Å². The first kappa shape index (κ1) is 16.9. The molecule has 4 rings (SSSR count). The van der Waals surface area contributed by atoms with Gasteiger partial charge in [-0.25, -0.2) is 9.67 Å². The summed E-state index contributed by atoms with van der Waals surface area (Å²) in [7, 11) is 1.61. The second-order valence-corrected chi connectivity index (χ2v) is 6.27. The molecule has 3 heterocycles. The van der Waals surface area contributed by atoms with Gasteiger partial charge < -0.3 is 10.5 Å². The topological polar surface area (TPSA) is 108 Å². The fraction of sp³-hybridized carbons (Fsp3) is 0.211. The average Bonchev–Trinajstić information content (AvgIpc) is 3.11. The minimum absolute atomic E-state index is 0.435. The number of primary amides is 1. The van der Waals surface area contributed by atoms with Gasteiger partial charge in [-0.05, 0) is 42.8 Å². The first-order valence-electron chi connectivity index (χ1n) is 8.44. The number of fused-ring (bicyclic) bond motifs is 1. The van der Waals surface area contributed by atoms with Crippen molar-refractivity contribution in [1.82, 2.24) is 19.7 Å². The van der Waals surface area contributed by atoms with Crippen molar-refractivity contribution in [1.29, 1.82) is 0 Å². The third-order valence-electron chi connectivity index (χ3n) is 4.60. The normalized spacial score (nSPS) is 18.5. The summed E-state index contributed by atoms with van der Waals surface area (Å²) in [6.45, 7) is 1.78. The summed E-state index contributed by atoms with van der Waals surface area (Å²) in [6.07, 6.45) is 3.38. The maximum Gasteiger partial charge on any atom is 0.248 e. The van der Waals surface area contributed by atoms with Gasteiger partial charge in [-0.15, -0.1) is 5.10 Å². The van der Waals surface area contributed by atoms with E-state index in [1.165, 1.54) is 0 Å². The highest BCUT2D eigenvalue weighted by atomic mass is 16.5. The zero-order valence-electron chi connectivity index (χ0n) is 14.9. The summed E-state index contributed by atoms with van der Waals surface area (Å²) in [5, 5.41) is 4.62. The maximum atomic E-state index is 12.2. The number of hydrogen-bond donors (Lipinski definition) is 1. The smallest absolute Gasteiger partial charge is 0.248 e. The van der Waals surface area contributed by atoms with Crippen LogP contribution in [0, 0.1) is 5.92 Å². The Labute approximate surface area is 155 Å². The molecule has 0 fully saturated rings. The van der Waals surface area contributed by atoms with Crippen molar-refractivity contribution < 1.29 is 9.53 Å². The number of nitrogens with two attached hydrogens (primary N) is 1. The molecule has 2 atom stereocenters. The van der Waals surface area contributed by atoms with Crippen LogP contribution in [0.4, 0.5) is 5.95 Å². The predicted molar refractivity (Wildman–Crippen MR) is 99.8 cm³/mol. The SMILES string of the molecule is COc1ccc(-c2nc3n(n2)C(c2cccnc2)C(C(N)=O)C(C)=N3)cc1. The molecule has 0 saturated heterocycles. The molecule has 8 heteroatoms. The lowest BCUT2D eigenvalue weighted by molar-refractivity contribution is -0.120. The Morgan fingerprint density at radius 3 is 2.63 bits per heavy atom. The van der Waals surface area contributed by atoms with Crippen molar-refractivity contribution in [3.05, 3.63) is 54.4 Å². The molecule has 2 unspecified atom stereocenters. The molecule has 0 spiro atoms. The lowest BCUT2D eigenvalue weighted by atomic mass is 9.89. The number of pyridine rings is 1. The fourth-order valence-electron chi connectivity index (χ4n) is 3.28. The minimum atomic E-state index is -0.618. The monoisotopic (exact) mass is 362 g/mol. The Hall–Kier alpha value is -3.55. The molecule has 0 bridgehead atoms. The number of rotatable bonds is 4. The number of carbonyl (C=O) groups excluding carboxylic acids is 1. The molecule has 0 aliphatic carbocycles. The standard InChI is InChI=1S/C19H18N6O2/c1-11-15(17(20)26)16(13-4-3-9-21-10-13)25-19(22-11)23-18(24-25)12-5-7-14(27-2)8-6-12/h3-10,15-16H,1-2H3,(H2,20,26). The third-order valence-corrected chi connectivity index (χ3v) is 4.60. The van der Waals surface area contributed by atoms with Crippen LogP contribution in [-0.2, 0) is 4.79 Å². The second kappa shape index (κ2) is 6.64. The molecule has 0 saturated carbocycles. The number of carbonyl (C=O) groups is 1. The van der Waals surface area contributed by atoms with Gasteiger partial charge in [0, 0.05) is 23.7 Å². The van der Waals surface area contributed by atoms with E-state index in [0.717, 1.165) is 16.9 Å². The number of nitrogens with zero attached hydrogens (tertiary/aromatic N) is 5. The van der Waals surface area contributed by atoms with Crippen molar-refractivity contribution in [2.75, 3.05) is 7.11 Å². The number of amides is 1. The molecular formula is C19H18N6O2. The Bertz CT molecular complexity index is 1010. The van der Waals surface area contributed by atoms with Crippen LogP contribution in [0.1, 0.15) is 18.5 Å². The van der Waals surface area contributed by atoms with E-state index in [2.05, 4.69) is 20.1 Å². The highest BCUT2D eigenvalue weighted by Gasteiger charge is 2.38. The van der Waals surface area contributed by atoms with Crippen molar-refractivity contribution >= 4 is 17.6 Å². The van der Waals surface area contributed by atoms with E-state index in [1.54, 1.807) is 31.1 Å². The van der Waals surface area contributed by atoms with Crippen LogP contribution in [0.5, 0.6) is 5.75 Å². The Morgan fingerprint density at radius 1 is 1.22 bits per heavy atom. The highest BCUT2D eigenvalue weighted by molar-refractivity contribution is 6.04. The quantitative estimate of drug-likeness (QED) is 0.765. The fourth-order valence-corrected chi connectivity index (χ4v) is 3.28. The van der Waals surface area contributed by atoms with E-state index < -0.39 is 17.9 Å². The minimum Gasteiger partial charge on any atom is -0.497 e. The number of methoxy groups -OCH3 is 1. The third kappa shape index (κ3) is 2.95. The van der Waals surface area contributed by atoms with Crippen LogP contribution in [0.15, 0.2) is 53.8 Å². The number of benzene rings is 1. The lowest BCUT2D eigenvalue weighted by Crippen LogP contribution is -2.39. The number of aromatic nitrogens is 4. The van der Waals surface area contributed by atoms with Gasteiger partial charge in [0.15, 0.2) is 5.82 Å². The van der Waals surface area contributed by atoms with Crippen LogP contribution in [0.2, 0.25) is 0 Å². The van der Waals surface area contributed by atoms with Gasteiger partial charge >= 0.3 is 0 Å². The zero-order valence-corrected chi connectivity index (χ0v) is 14.9. The van der Waals surface area contributed by atoms with E-state index in [4.69, 9.17) is 10.5 Å². The van der Waals surface area contributed by atoms with E-state index in [9.17, 15) is 4.79 Å². The van der Waals surface area contributed by atoms with Gasteiger partial charge in [-0.1, -0.05) is 6.07 Å². The molecule has 27 heavy (non-hydrogen) atoms. The van der Waals surface area contributed by atoms with Gasteiger partial charge in [0.2, 0.25) is 11.9 Å². The summed E-state index contributed by atoms with van der Waals surface area (Å²) in [4.78, 5) is 25.3. The van der Waals surface area contributed by atoms with Crippen LogP contribution < -0.4 is 10.5 Å². The predicted octanol–water partition coefficient (Wildman–Crippen LogP) is 2.15. The number of ether oxygens (including phenoxy) is 1. The van der Waals surface area contributed by atoms with Crippen molar-refractivity contribution in [2.24, 2.45) is 16.6 Å². The van der Waals surface area contributed by atoms with Crippen molar-refractivity contribution in [2.45, 2.75) is 13.0 Å². The first-order chi connectivity index (χ1) is 13.1. The van der Waals surface area contributed by atoms with E-state index >= 15 is 0 Å². The van der Waals surface area contributed by atoms with E-state index in [1.807, 2.05) is 36.4 Å². The van der Waals surface area contributed by atoms with Crippen LogP contribution >= 0.6 is 0 Å². The van der Waals surface area contributed by atoms with Crippen LogP contribution in [0.3, 0.4) is 0 Å². The lowest BCUT2D eigenvalue weighted by Gasteiger charge is -2.28. The first-order valence-corrected chi connectivity index (χ1v) is 8.44. The molecule has 1 aliphatic heterocycles. The van der Waals surface area contributed by atoms with Crippen LogP contribution in [0.25, 0.3) is 11.4 Å². The molecule has 8 nitrogen and oxygen atoms in total. The van der Waals surface area contributed by atoms with Gasteiger partial charge in [0.05, 0.1) is 13.2 Å². The zero-order chi connectivity index (χ0) is 19.0. The maximum absolute atomic E-state index is 12.2. The molecular weight excluding hydrogens is 344 g/mol. The highest BCUT2D eigenvalue weighted by Crippen LogP contribution is 2.36. The summed E-state index contributed by atoms with van der Waals surface area (Å²) in [5.74, 6) is 0.621. The Kier molecular flexibility index (Phi) is 4.15. The van der Waals surface area contributed by atoms with Gasteiger partial charge in [-0.2, -0.15) is 4.98 Å². The molecule has 2 N–H and O–H groups in total. The summed E-state index contributed by atoms with van der Waals surface area (Å²) in [6, 6.07) is 10.7. The molecule has 1 amide bonds. The molecule has 0 radical (unpaired) electrons. The summed E-state index contributed by atoms with van der Waals surface area (Å²) < 4.78 is 6.84. The van der Waals surface area contributed by atoms with Gasteiger partial charge in [0.1, 0.15) is 11.7 Å².